The van der Waals surface area contributed by atoms with Crippen molar-refractivity contribution in [3.8, 4) is 0 Å². The summed E-state index contributed by atoms with van der Waals surface area (Å²) in [6.45, 7) is 6.25. The van der Waals surface area contributed by atoms with Gasteiger partial charge in [-0.1, -0.05) is 25.4 Å². The molecule has 16 heavy (non-hydrogen) atoms. The normalized spacial score (nSPS) is 10.6. The molecule has 1 aromatic rings. The number of halogens is 1. The number of nitrogens with zero attached hydrogens (tertiary/aromatic N) is 1. The molecule has 0 atom stereocenters. The van der Waals surface area contributed by atoms with E-state index in [1.165, 1.54) is 6.07 Å². The minimum Gasteiger partial charge on any atom is -0.273 e. The third-order valence-corrected chi connectivity index (χ3v) is 1.96. The molecule has 1 rings (SSSR count). The van der Waals surface area contributed by atoms with Gasteiger partial charge in [-0.2, -0.15) is 0 Å². The van der Waals surface area contributed by atoms with Gasteiger partial charge in [0.05, 0.1) is 6.61 Å². The van der Waals surface area contributed by atoms with Gasteiger partial charge in [-0.3, -0.25) is 9.63 Å². The average Bonchev–Trinajstić information content (AvgIpc) is 2.15. The van der Waals surface area contributed by atoms with Gasteiger partial charge in [0.2, 0.25) is 0 Å². The first-order valence-corrected chi connectivity index (χ1v) is 5.43. The molecule has 0 saturated heterocycles. The molecule has 0 aliphatic carbocycles. The fourth-order valence-corrected chi connectivity index (χ4v) is 1.34. The SMILES string of the molecule is Cc1cc(C(=O)NOCC(C)C)cc(Cl)n1. The number of hydroxylamine groups is 1. The van der Waals surface area contributed by atoms with Crippen LogP contribution in [0, 0.1) is 12.8 Å². The van der Waals surface area contributed by atoms with Crippen molar-refractivity contribution in [3.05, 3.63) is 28.5 Å². The Morgan fingerprint density at radius 3 is 2.81 bits per heavy atom. The Morgan fingerprint density at radius 1 is 1.56 bits per heavy atom. The van der Waals surface area contributed by atoms with E-state index in [0.29, 0.717) is 28.9 Å². The summed E-state index contributed by atoms with van der Waals surface area (Å²) in [7, 11) is 0. The average molecular weight is 243 g/mol. The second kappa shape index (κ2) is 5.82. The van der Waals surface area contributed by atoms with Gasteiger partial charge < -0.3 is 0 Å². The lowest BCUT2D eigenvalue weighted by Gasteiger charge is -2.08. The van der Waals surface area contributed by atoms with Crippen LogP contribution in [0.3, 0.4) is 0 Å². The molecule has 0 radical (unpaired) electrons. The van der Waals surface area contributed by atoms with Crippen LogP contribution < -0.4 is 5.48 Å². The Bertz CT molecular complexity index is 360. The van der Waals surface area contributed by atoms with Crippen molar-refractivity contribution in [2.75, 3.05) is 6.61 Å². The molecule has 1 heterocycles. The van der Waals surface area contributed by atoms with E-state index in [-0.39, 0.29) is 5.91 Å². The Labute approximate surface area is 99.9 Å². The Balaban J connectivity index is 2.59. The topological polar surface area (TPSA) is 51.2 Å². The highest BCUT2D eigenvalue weighted by Gasteiger charge is 2.08. The summed E-state index contributed by atoms with van der Waals surface area (Å²) in [5.41, 5.74) is 3.50. The van der Waals surface area contributed by atoms with Gasteiger partial charge in [0, 0.05) is 11.3 Å². The lowest BCUT2D eigenvalue weighted by Crippen LogP contribution is -2.25. The van der Waals surface area contributed by atoms with Crippen LogP contribution in [0.15, 0.2) is 12.1 Å². The minimum atomic E-state index is -0.312. The molecule has 0 spiro atoms. The lowest BCUT2D eigenvalue weighted by molar-refractivity contribution is 0.0208. The molecule has 1 amide bonds. The fraction of sp³-hybridized carbons (Fsp3) is 0.455. The molecular formula is C11H15ClN2O2. The van der Waals surface area contributed by atoms with Gasteiger partial charge in [0.15, 0.2) is 0 Å². The number of carbonyl (C=O) groups excluding carboxylic acids is 1. The predicted octanol–water partition coefficient (Wildman–Crippen LogP) is 2.36. The van der Waals surface area contributed by atoms with Gasteiger partial charge in [-0.15, -0.1) is 0 Å². The Morgan fingerprint density at radius 2 is 2.25 bits per heavy atom. The van der Waals surface area contributed by atoms with Crippen molar-refractivity contribution in [2.45, 2.75) is 20.8 Å². The minimum absolute atomic E-state index is 0.300. The van der Waals surface area contributed by atoms with Crippen LogP contribution in [0.4, 0.5) is 0 Å². The van der Waals surface area contributed by atoms with Crippen molar-refractivity contribution >= 4 is 17.5 Å². The van der Waals surface area contributed by atoms with E-state index in [1.54, 1.807) is 13.0 Å². The molecular weight excluding hydrogens is 228 g/mol. The smallest absolute Gasteiger partial charge is 0.273 e. The number of rotatable bonds is 4. The second-order valence-corrected chi connectivity index (χ2v) is 4.34. The summed E-state index contributed by atoms with van der Waals surface area (Å²) in [5, 5.41) is 0.300. The zero-order chi connectivity index (χ0) is 12.1. The fourth-order valence-electron chi connectivity index (χ4n) is 1.09. The van der Waals surface area contributed by atoms with Crippen molar-refractivity contribution < 1.29 is 9.63 Å². The number of nitrogens with one attached hydrogen (secondary N) is 1. The van der Waals surface area contributed by atoms with E-state index < -0.39 is 0 Å². The number of amides is 1. The highest BCUT2D eigenvalue weighted by Crippen LogP contribution is 2.10. The molecule has 4 nitrogen and oxygen atoms in total. The van der Waals surface area contributed by atoms with E-state index in [9.17, 15) is 4.79 Å². The number of carbonyl (C=O) groups is 1. The van der Waals surface area contributed by atoms with Crippen LogP contribution in [0.25, 0.3) is 0 Å². The predicted molar refractivity (Wildman–Crippen MR) is 62.2 cm³/mol. The molecule has 0 aromatic carbocycles. The van der Waals surface area contributed by atoms with E-state index in [1.807, 2.05) is 13.8 Å². The number of pyridine rings is 1. The molecule has 88 valence electrons. The molecule has 0 unspecified atom stereocenters. The first-order chi connectivity index (χ1) is 7.49. The number of aryl methyl sites for hydroxylation is 1. The Hall–Kier alpha value is -1.13. The first-order valence-electron chi connectivity index (χ1n) is 5.05. The first kappa shape index (κ1) is 12.9. The lowest BCUT2D eigenvalue weighted by atomic mass is 10.2. The molecule has 5 heteroatoms. The van der Waals surface area contributed by atoms with E-state index in [4.69, 9.17) is 16.4 Å². The summed E-state index contributed by atoms with van der Waals surface area (Å²) in [6.07, 6.45) is 0. The monoisotopic (exact) mass is 242 g/mol. The third kappa shape index (κ3) is 4.16. The zero-order valence-electron chi connectivity index (χ0n) is 9.58. The van der Waals surface area contributed by atoms with Crippen LogP contribution in [0.2, 0.25) is 5.15 Å². The van der Waals surface area contributed by atoms with Crippen molar-refractivity contribution in [1.82, 2.24) is 10.5 Å². The number of hydrogen-bond donors (Lipinski definition) is 1. The van der Waals surface area contributed by atoms with Crippen molar-refractivity contribution in [3.63, 3.8) is 0 Å². The summed E-state index contributed by atoms with van der Waals surface area (Å²) >= 11 is 5.75. The number of hydrogen-bond acceptors (Lipinski definition) is 3. The van der Waals surface area contributed by atoms with Crippen molar-refractivity contribution in [1.29, 1.82) is 0 Å². The molecule has 0 aliphatic heterocycles. The molecule has 0 saturated carbocycles. The van der Waals surface area contributed by atoms with Gasteiger partial charge in [-0.05, 0) is 25.0 Å². The van der Waals surface area contributed by atoms with Crippen LogP contribution in [0.1, 0.15) is 29.9 Å². The van der Waals surface area contributed by atoms with Gasteiger partial charge in [0.1, 0.15) is 5.15 Å². The highest BCUT2D eigenvalue weighted by atomic mass is 35.5. The summed E-state index contributed by atoms with van der Waals surface area (Å²) in [6, 6.07) is 3.16. The highest BCUT2D eigenvalue weighted by molar-refractivity contribution is 6.29. The summed E-state index contributed by atoms with van der Waals surface area (Å²) in [5.74, 6) is 0.0520. The zero-order valence-corrected chi connectivity index (χ0v) is 10.3. The molecule has 0 aliphatic rings. The van der Waals surface area contributed by atoms with Gasteiger partial charge in [0.25, 0.3) is 5.91 Å². The van der Waals surface area contributed by atoms with Crippen LogP contribution in [0.5, 0.6) is 0 Å². The molecule has 1 aromatic heterocycles. The van der Waals surface area contributed by atoms with Crippen molar-refractivity contribution in [2.24, 2.45) is 5.92 Å². The maximum atomic E-state index is 11.6. The third-order valence-electron chi connectivity index (χ3n) is 1.77. The Kier molecular flexibility index (Phi) is 4.71. The summed E-state index contributed by atoms with van der Waals surface area (Å²) < 4.78 is 0. The number of aromatic nitrogens is 1. The van der Waals surface area contributed by atoms with E-state index in [2.05, 4.69) is 10.5 Å². The standard InChI is InChI=1S/C11H15ClN2O2/c1-7(2)6-16-14-11(15)9-4-8(3)13-10(12)5-9/h4-5,7H,6H2,1-3H3,(H,14,15). The van der Waals surface area contributed by atoms with Gasteiger partial charge >= 0.3 is 0 Å². The van der Waals surface area contributed by atoms with E-state index in [0.717, 1.165) is 0 Å². The van der Waals surface area contributed by atoms with Crippen LogP contribution >= 0.6 is 11.6 Å². The molecule has 1 N–H and O–H groups in total. The molecule has 0 bridgehead atoms. The summed E-state index contributed by atoms with van der Waals surface area (Å²) in [4.78, 5) is 20.6. The largest absolute Gasteiger partial charge is 0.275 e. The van der Waals surface area contributed by atoms with Gasteiger partial charge in [-0.25, -0.2) is 10.5 Å². The maximum absolute atomic E-state index is 11.6. The van der Waals surface area contributed by atoms with Crippen LogP contribution in [-0.4, -0.2) is 17.5 Å². The second-order valence-electron chi connectivity index (χ2n) is 3.96. The maximum Gasteiger partial charge on any atom is 0.275 e. The van der Waals surface area contributed by atoms with Crippen LogP contribution in [-0.2, 0) is 4.84 Å². The quantitative estimate of drug-likeness (QED) is 0.651. The van der Waals surface area contributed by atoms with E-state index >= 15 is 0 Å². The molecule has 0 fully saturated rings.